The minimum Gasteiger partial charge on any atom is -0.497 e. The molecule has 1 atom stereocenters. The van der Waals surface area contributed by atoms with Crippen molar-refractivity contribution in [2.75, 3.05) is 27.3 Å². The van der Waals surface area contributed by atoms with Crippen molar-refractivity contribution in [2.45, 2.75) is 32.2 Å². The van der Waals surface area contributed by atoms with E-state index in [4.69, 9.17) is 9.47 Å². The largest absolute Gasteiger partial charge is 0.497 e. The van der Waals surface area contributed by atoms with E-state index in [2.05, 4.69) is 20.3 Å². The van der Waals surface area contributed by atoms with E-state index in [1.54, 1.807) is 25.2 Å². The van der Waals surface area contributed by atoms with E-state index in [1.807, 2.05) is 12.1 Å². The molecule has 0 unspecified atom stereocenters. The smallest absolute Gasteiger partial charge is 0.277 e. The first-order valence-corrected chi connectivity index (χ1v) is 9.65. The normalized spacial score (nSPS) is 16.3. The highest BCUT2D eigenvalue weighted by Gasteiger charge is 2.26. The molecule has 0 bridgehead atoms. The van der Waals surface area contributed by atoms with E-state index in [0.717, 1.165) is 24.8 Å². The average molecular weight is 402 g/mol. The fraction of sp³-hybridized carbons (Fsp3) is 0.500. The molecule has 1 aromatic heterocycles. The van der Waals surface area contributed by atoms with Crippen molar-refractivity contribution in [1.29, 1.82) is 0 Å². The van der Waals surface area contributed by atoms with Crippen LogP contribution in [0.2, 0.25) is 0 Å². The molecule has 9 nitrogen and oxygen atoms in total. The second-order valence-corrected chi connectivity index (χ2v) is 7.05. The first-order valence-electron chi connectivity index (χ1n) is 9.65. The summed E-state index contributed by atoms with van der Waals surface area (Å²) >= 11 is 0. The summed E-state index contributed by atoms with van der Waals surface area (Å²) < 4.78 is 15.0. The average Bonchev–Trinajstić information content (AvgIpc) is 3.30. The minimum absolute atomic E-state index is 0.0213. The highest BCUT2D eigenvalue weighted by molar-refractivity contribution is 5.91. The van der Waals surface area contributed by atoms with E-state index in [1.165, 1.54) is 6.20 Å². The number of nitrogens with one attached hydrogen (secondary N) is 1. The SMILES string of the molecule is COc1ccc(CNC(=O)CC[C@@H]2CCCN(C(=O)c3cnon3)C2)c(OC)c1. The zero-order valence-electron chi connectivity index (χ0n) is 16.7. The Morgan fingerprint density at radius 2 is 2.17 bits per heavy atom. The van der Waals surface area contributed by atoms with Crippen molar-refractivity contribution in [2.24, 2.45) is 5.92 Å². The van der Waals surface area contributed by atoms with Crippen LogP contribution in [-0.4, -0.2) is 54.3 Å². The second-order valence-electron chi connectivity index (χ2n) is 7.05. The maximum atomic E-state index is 12.4. The Kier molecular flexibility index (Phi) is 7.04. The van der Waals surface area contributed by atoms with Crippen LogP contribution in [0.3, 0.4) is 0 Å². The molecule has 2 heterocycles. The number of methoxy groups -OCH3 is 2. The molecule has 1 aliphatic rings. The summed E-state index contributed by atoms with van der Waals surface area (Å²) in [7, 11) is 3.18. The Labute approximate surface area is 169 Å². The maximum absolute atomic E-state index is 12.4. The molecule has 0 spiro atoms. The number of rotatable bonds is 8. The predicted octanol–water partition coefficient (Wildman–Crippen LogP) is 2.04. The van der Waals surface area contributed by atoms with Crippen LogP contribution in [0.1, 0.15) is 41.7 Å². The van der Waals surface area contributed by atoms with E-state index < -0.39 is 0 Å². The predicted molar refractivity (Wildman–Crippen MR) is 104 cm³/mol. The number of carbonyl (C=O) groups excluding carboxylic acids is 2. The Balaban J connectivity index is 1.45. The lowest BCUT2D eigenvalue weighted by Crippen LogP contribution is -2.40. The van der Waals surface area contributed by atoms with Crippen LogP contribution in [0.5, 0.6) is 11.5 Å². The summed E-state index contributed by atoms with van der Waals surface area (Å²) in [5.41, 5.74) is 1.11. The van der Waals surface area contributed by atoms with Crippen LogP contribution in [0.15, 0.2) is 29.0 Å². The number of piperidine rings is 1. The molecule has 156 valence electrons. The molecule has 1 N–H and O–H groups in total. The zero-order valence-corrected chi connectivity index (χ0v) is 16.7. The standard InChI is InChI=1S/C20H26N4O5/c1-27-16-7-6-15(18(10-16)28-2)11-21-19(25)8-5-14-4-3-9-24(13-14)20(26)17-12-22-29-23-17/h6-7,10,12,14H,3-5,8-9,11,13H2,1-2H3,(H,21,25)/t14-/m0/s1. The van der Waals surface area contributed by atoms with Gasteiger partial charge < -0.3 is 19.7 Å². The van der Waals surface area contributed by atoms with Crippen molar-refractivity contribution in [3.8, 4) is 11.5 Å². The third-order valence-electron chi connectivity index (χ3n) is 5.14. The van der Waals surface area contributed by atoms with Gasteiger partial charge in [-0.2, -0.15) is 0 Å². The summed E-state index contributed by atoms with van der Waals surface area (Å²) in [5, 5.41) is 10.0. The Hall–Kier alpha value is -3.10. The summed E-state index contributed by atoms with van der Waals surface area (Å²) in [5.74, 6) is 1.47. The Morgan fingerprint density at radius 1 is 1.31 bits per heavy atom. The van der Waals surface area contributed by atoms with Crippen LogP contribution >= 0.6 is 0 Å². The fourth-order valence-corrected chi connectivity index (χ4v) is 3.52. The molecule has 29 heavy (non-hydrogen) atoms. The minimum atomic E-state index is -0.174. The molecule has 0 saturated carbocycles. The van der Waals surface area contributed by atoms with Gasteiger partial charge in [-0.3, -0.25) is 9.59 Å². The van der Waals surface area contributed by atoms with Gasteiger partial charge in [0.25, 0.3) is 5.91 Å². The molecule has 1 aliphatic heterocycles. The summed E-state index contributed by atoms with van der Waals surface area (Å²) in [6.45, 7) is 1.69. The van der Waals surface area contributed by atoms with Crippen molar-refractivity contribution in [3.05, 3.63) is 35.7 Å². The van der Waals surface area contributed by atoms with Crippen LogP contribution < -0.4 is 14.8 Å². The molecule has 2 aromatic rings. The molecule has 9 heteroatoms. The van der Waals surface area contributed by atoms with Gasteiger partial charge >= 0.3 is 0 Å². The third kappa shape index (κ3) is 5.46. The molecule has 1 saturated heterocycles. The van der Waals surface area contributed by atoms with Crippen molar-refractivity contribution < 1.29 is 23.7 Å². The second kappa shape index (κ2) is 9.90. The van der Waals surface area contributed by atoms with Crippen molar-refractivity contribution >= 4 is 11.8 Å². The van der Waals surface area contributed by atoms with Crippen molar-refractivity contribution in [1.82, 2.24) is 20.5 Å². The van der Waals surface area contributed by atoms with Crippen LogP contribution in [0.4, 0.5) is 0 Å². The summed E-state index contributed by atoms with van der Waals surface area (Å²) in [4.78, 5) is 26.4. The van der Waals surface area contributed by atoms with Gasteiger partial charge in [0.1, 0.15) is 17.7 Å². The van der Waals surface area contributed by atoms with E-state index in [0.29, 0.717) is 37.6 Å². The number of likely N-dealkylation sites (tertiary alicyclic amines) is 1. The number of aromatic nitrogens is 2. The molecule has 3 rings (SSSR count). The number of carbonyl (C=O) groups is 2. The lowest BCUT2D eigenvalue weighted by atomic mass is 9.93. The van der Waals surface area contributed by atoms with E-state index in [9.17, 15) is 9.59 Å². The summed E-state index contributed by atoms with van der Waals surface area (Å²) in [6, 6.07) is 5.50. The molecule has 2 amide bonds. The van der Waals surface area contributed by atoms with Crippen LogP contribution in [0.25, 0.3) is 0 Å². The van der Waals surface area contributed by atoms with Gasteiger partial charge in [-0.05, 0) is 42.5 Å². The number of nitrogens with zero attached hydrogens (tertiary/aromatic N) is 3. The quantitative estimate of drug-likeness (QED) is 0.720. The van der Waals surface area contributed by atoms with Crippen LogP contribution in [0, 0.1) is 5.92 Å². The topological polar surface area (TPSA) is 107 Å². The Morgan fingerprint density at radius 3 is 2.90 bits per heavy atom. The Bertz CT molecular complexity index is 824. The molecule has 0 aliphatic carbocycles. The highest BCUT2D eigenvalue weighted by Crippen LogP contribution is 2.25. The number of hydrogen-bond acceptors (Lipinski definition) is 7. The number of ether oxygens (including phenoxy) is 2. The van der Waals surface area contributed by atoms with Gasteiger partial charge in [0.2, 0.25) is 5.91 Å². The van der Waals surface area contributed by atoms with E-state index >= 15 is 0 Å². The monoisotopic (exact) mass is 402 g/mol. The molecule has 0 radical (unpaired) electrons. The highest BCUT2D eigenvalue weighted by atomic mass is 16.6. The first kappa shape index (κ1) is 20.6. The van der Waals surface area contributed by atoms with Gasteiger partial charge in [0.05, 0.1) is 14.2 Å². The lowest BCUT2D eigenvalue weighted by molar-refractivity contribution is -0.121. The number of hydrogen-bond donors (Lipinski definition) is 1. The number of benzene rings is 1. The lowest BCUT2D eigenvalue weighted by Gasteiger charge is -2.32. The summed E-state index contributed by atoms with van der Waals surface area (Å²) in [6.07, 6.45) is 4.38. The third-order valence-corrected chi connectivity index (χ3v) is 5.14. The van der Waals surface area contributed by atoms with Gasteiger partial charge in [0.15, 0.2) is 5.69 Å². The molecular weight excluding hydrogens is 376 g/mol. The van der Waals surface area contributed by atoms with Gasteiger partial charge in [-0.25, -0.2) is 4.63 Å². The van der Waals surface area contributed by atoms with Gasteiger partial charge in [-0.15, -0.1) is 0 Å². The van der Waals surface area contributed by atoms with Crippen LogP contribution in [-0.2, 0) is 11.3 Å². The zero-order chi connectivity index (χ0) is 20.6. The fourth-order valence-electron chi connectivity index (χ4n) is 3.52. The molecule has 1 fully saturated rings. The first-order chi connectivity index (χ1) is 14.1. The van der Waals surface area contributed by atoms with E-state index in [-0.39, 0.29) is 23.4 Å². The van der Waals surface area contributed by atoms with Gasteiger partial charge in [-0.1, -0.05) is 5.16 Å². The maximum Gasteiger partial charge on any atom is 0.277 e. The number of amides is 2. The molecular formula is C20H26N4O5. The molecule has 1 aromatic carbocycles. The van der Waals surface area contributed by atoms with Gasteiger partial charge in [0, 0.05) is 37.7 Å². The van der Waals surface area contributed by atoms with Crippen molar-refractivity contribution in [3.63, 3.8) is 0 Å².